The lowest BCUT2D eigenvalue weighted by Gasteiger charge is -2.06. The molecule has 1 atom stereocenters. The molecule has 2 aromatic rings. The molecule has 0 N–H and O–H groups in total. The largest absolute Gasteiger partial charge is 0.472 e. The Hall–Kier alpha value is -1.97. The molecule has 22 heavy (non-hydrogen) atoms. The van der Waals surface area contributed by atoms with Gasteiger partial charge < -0.3 is 4.74 Å². The molecule has 1 heterocycles. The maximum Gasteiger partial charge on any atom is 0.233 e. The van der Waals surface area contributed by atoms with Crippen molar-refractivity contribution in [1.29, 1.82) is 0 Å². The van der Waals surface area contributed by atoms with E-state index in [1.165, 1.54) is 5.56 Å². The number of aromatic nitrogens is 2. The summed E-state index contributed by atoms with van der Waals surface area (Å²) in [6.07, 6.45) is 7.38. The predicted molar refractivity (Wildman–Crippen MR) is 88.0 cm³/mol. The van der Waals surface area contributed by atoms with E-state index >= 15 is 0 Å². The molecule has 0 spiro atoms. The Balaban J connectivity index is 1.91. The standard InChI is InChI=1S/C18H23FN2O/c1-3-11-22-18-13-20-17-12-15(9-10-16(17)21-18)8-6-4-5-7-14(2)19/h3,9-10,12-14H,1,4-8,11H2,2H3. The van der Waals surface area contributed by atoms with Crippen LogP contribution in [0.4, 0.5) is 4.39 Å². The third-order valence-electron chi connectivity index (χ3n) is 3.50. The number of hydrogen-bond donors (Lipinski definition) is 0. The number of benzene rings is 1. The van der Waals surface area contributed by atoms with Crippen LogP contribution in [0.5, 0.6) is 5.88 Å². The molecule has 1 aromatic heterocycles. The third-order valence-corrected chi connectivity index (χ3v) is 3.50. The van der Waals surface area contributed by atoms with E-state index in [-0.39, 0.29) is 0 Å². The van der Waals surface area contributed by atoms with Crippen molar-refractivity contribution >= 4 is 11.0 Å². The lowest BCUT2D eigenvalue weighted by Crippen LogP contribution is -1.97. The van der Waals surface area contributed by atoms with Crippen molar-refractivity contribution in [3.63, 3.8) is 0 Å². The predicted octanol–water partition coefficient (Wildman–Crippen LogP) is 4.66. The monoisotopic (exact) mass is 302 g/mol. The molecular weight excluding hydrogens is 279 g/mol. The lowest BCUT2D eigenvalue weighted by atomic mass is 10.0. The molecule has 0 radical (unpaired) electrons. The summed E-state index contributed by atoms with van der Waals surface area (Å²) in [5.41, 5.74) is 2.95. The summed E-state index contributed by atoms with van der Waals surface area (Å²) >= 11 is 0. The van der Waals surface area contributed by atoms with Gasteiger partial charge in [0.25, 0.3) is 0 Å². The van der Waals surface area contributed by atoms with E-state index in [1.807, 2.05) is 6.07 Å². The van der Waals surface area contributed by atoms with E-state index in [4.69, 9.17) is 4.74 Å². The Morgan fingerprint density at radius 3 is 2.91 bits per heavy atom. The maximum atomic E-state index is 12.7. The van der Waals surface area contributed by atoms with E-state index in [0.717, 1.165) is 36.7 Å². The first kappa shape index (κ1) is 16.4. The molecule has 2 rings (SSSR count). The summed E-state index contributed by atoms with van der Waals surface area (Å²) in [6.45, 7) is 5.65. The minimum Gasteiger partial charge on any atom is -0.472 e. The van der Waals surface area contributed by atoms with Gasteiger partial charge in [-0.1, -0.05) is 31.6 Å². The number of rotatable bonds is 9. The van der Waals surface area contributed by atoms with Gasteiger partial charge in [-0.2, -0.15) is 0 Å². The average Bonchev–Trinajstić information content (AvgIpc) is 2.52. The Kier molecular flexibility index (Phi) is 6.31. The van der Waals surface area contributed by atoms with Crippen LogP contribution in [0.3, 0.4) is 0 Å². The fourth-order valence-corrected chi connectivity index (χ4v) is 2.34. The van der Waals surface area contributed by atoms with E-state index in [2.05, 4.69) is 28.7 Å². The van der Waals surface area contributed by atoms with Crippen LogP contribution in [-0.4, -0.2) is 22.7 Å². The molecule has 1 unspecified atom stereocenters. The number of aryl methyl sites for hydroxylation is 1. The molecule has 4 heteroatoms. The minimum absolute atomic E-state index is 0.426. The van der Waals surface area contributed by atoms with E-state index in [9.17, 15) is 4.39 Å². The van der Waals surface area contributed by atoms with E-state index < -0.39 is 6.17 Å². The highest BCUT2D eigenvalue weighted by molar-refractivity contribution is 5.75. The molecule has 0 aliphatic carbocycles. The molecule has 0 aliphatic rings. The van der Waals surface area contributed by atoms with E-state index in [1.54, 1.807) is 19.2 Å². The summed E-state index contributed by atoms with van der Waals surface area (Å²) in [7, 11) is 0. The molecule has 0 fully saturated rings. The Morgan fingerprint density at radius 2 is 2.14 bits per heavy atom. The number of halogens is 1. The second-order valence-corrected chi connectivity index (χ2v) is 5.51. The zero-order chi connectivity index (χ0) is 15.8. The molecule has 0 aliphatic heterocycles. The van der Waals surface area contributed by atoms with Crippen molar-refractivity contribution in [2.24, 2.45) is 0 Å². The molecule has 118 valence electrons. The summed E-state index contributed by atoms with van der Waals surface area (Å²) in [6, 6.07) is 6.12. The third kappa shape index (κ3) is 5.10. The summed E-state index contributed by atoms with van der Waals surface area (Å²) in [4.78, 5) is 8.80. The molecule has 0 amide bonds. The highest BCUT2D eigenvalue weighted by Gasteiger charge is 2.03. The van der Waals surface area contributed by atoms with Gasteiger partial charge in [0.05, 0.1) is 23.4 Å². The van der Waals surface area contributed by atoms with Crippen LogP contribution in [0.1, 0.15) is 38.2 Å². The summed E-state index contributed by atoms with van der Waals surface area (Å²) in [5, 5.41) is 0. The molecule has 1 aromatic carbocycles. The smallest absolute Gasteiger partial charge is 0.233 e. The summed E-state index contributed by atoms with van der Waals surface area (Å²) < 4.78 is 18.1. The van der Waals surface area contributed by atoms with E-state index in [0.29, 0.717) is 18.9 Å². The Bertz CT molecular complexity index is 613. The van der Waals surface area contributed by atoms with Crippen molar-refractivity contribution in [3.8, 4) is 5.88 Å². The number of ether oxygens (including phenoxy) is 1. The second-order valence-electron chi connectivity index (χ2n) is 5.51. The molecule has 0 saturated carbocycles. The van der Waals surface area contributed by atoms with Gasteiger partial charge in [-0.3, -0.25) is 0 Å². The lowest BCUT2D eigenvalue weighted by molar-refractivity contribution is 0.330. The van der Waals surface area contributed by atoms with Crippen LogP contribution in [0, 0.1) is 0 Å². The van der Waals surface area contributed by atoms with Crippen molar-refractivity contribution in [3.05, 3.63) is 42.6 Å². The van der Waals surface area contributed by atoms with Crippen molar-refractivity contribution in [1.82, 2.24) is 9.97 Å². The molecule has 0 saturated heterocycles. The Morgan fingerprint density at radius 1 is 1.27 bits per heavy atom. The first-order valence-corrected chi connectivity index (χ1v) is 7.82. The van der Waals surface area contributed by atoms with Gasteiger partial charge >= 0.3 is 0 Å². The zero-order valence-electron chi connectivity index (χ0n) is 13.1. The van der Waals surface area contributed by atoms with Gasteiger partial charge in [0, 0.05) is 0 Å². The number of fused-ring (bicyclic) bond motifs is 1. The van der Waals surface area contributed by atoms with Crippen molar-refractivity contribution in [2.75, 3.05) is 6.61 Å². The zero-order valence-corrected chi connectivity index (χ0v) is 13.1. The minimum atomic E-state index is -0.687. The van der Waals surface area contributed by atoms with Crippen LogP contribution in [0.25, 0.3) is 11.0 Å². The van der Waals surface area contributed by atoms with Crippen LogP contribution >= 0.6 is 0 Å². The number of alkyl halides is 1. The second kappa shape index (κ2) is 8.47. The first-order valence-electron chi connectivity index (χ1n) is 7.82. The topological polar surface area (TPSA) is 35.0 Å². The highest BCUT2D eigenvalue weighted by Crippen LogP contribution is 2.17. The fraction of sp³-hybridized carbons (Fsp3) is 0.444. The molecule has 3 nitrogen and oxygen atoms in total. The van der Waals surface area contributed by atoms with Crippen LogP contribution in [0.2, 0.25) is 0 Å². The van der Waals surface area contributed by atoms with Crippen molar-refractivity contribution < 1.29 is 9.13 Å². The molecule has 0 bridgehead atoms. The first-order chi connectivity index (χ1) is 10.7. The number of unbranched alkanes of at least 4 members (excludes halogenated alkanes) is 2. The number of nitrogens with zero attached hydrogens (tertiary/aromatic N) is 2. The molecular formula is C18H23FN2O. The van der Waals surface area contributed by atoms with Crippen LogP contribution < -0.4 is 4.74 Å². The Labute approximate surface area is 131 Å². The highest BCUT2D eigenvalue weighted by atomic mass is 19.1. The van der Waals surface area contributed by atoms with Gasteiger partial charge in [0.15, 0.2) is 0 Å². The summed E-state index contributed by atoms with van der Waals surface area (Å²) in [5.74, 6) is 0.514. The normalized spacial score (nSPS) is 12.3. The fourth-order valence-electron chi connectivity index (χ4n) is 2.34. The van der Waals surface area contributed by atoms with Gasteiger partial charge in [-0.15, -0.1) is 0 Å². The maximum absolute atomic E-state index is 12.7. The SMILES string of the molecule is C=CCOc1cnc2cc(CCCCCC(C)F)ccc2n1. The van der Waals surface area contributed by atoms with Gasteiger partial charge in [0.2, 0.25) is 5.88 Å². The van der Waals surface area contributed by atoms with Gasteiger partial charge in [-0.05, 0) is 43.9 Å². The quantitative estimate of drug-likeness (QED) is 0.499. The van der Waals surface area contributed by atoms with Crippen LogP contribution in [0.15, 0.2) is 37.1 Å². The van der Waals surface area contributed by atoms with Crippen LogP contribution in [-0.2, 0) is 6.42 Å². The number of hydrogen-bond acceptors (Lipinski definition) is 3. The van der Waals surface area contributed by atoms with Gasteiger partial charge in [0.1, 0.15) is 6.61 Å². The van der Waals surface area contributed by atoms with Gasteiger partial charge in [-0.25, -0.2) is 14.4 Å². The van der Waals surface area contributed by atoms with Crippen molar-refractivity contribution in [2.45, 2.75) is 45.2 Å². The average molecular weight is 302 g/mol.